The van der Waals surface area contributed by atoms with E-state index in [2.05, 4.69) is 23.9 Å². The predicted octanol–water partition coefficient (Wildman–Crippen LogP) is -0.226. The number of aromatic amines is 1. The number of nitrogen functional groups attached to an aromatic ring is 1. The molecular formula is C11H18N4O2. The van der Waals surface area contributed by atoms with Crippen molar-refractivity contribution in [2.75, 3.05) is 19.3 Å². The van der Waals surface area contributed by atoms with E-state index < -0.39 is 11.2 Å². The minimum atomic E-state index is -0.440. The number of anilines is 1. The fourth-order valence-electron chi connectivity index (χ4n) is 2.40. The van der Waals surface area contributed by atoms with Gasteiger partial charge in [0, 0.05) is 24.7 Å². The van der Waals surface area contributed by atoms with Crippen molar-refractivity contribution in [2.24, 2.45) is 0 Å². The molecule has 0 saturated carbocycles. The van der Waals surface area contributed by atoms with Crippen LogP contribution in [0.5, 0.6) is 0 Å². The highest BCUT2D eigenvalue weighted by atomic mass is 16.2. The molecular weight excluding hydrogens is 220 g/mol. The molecule has 0 amide bonds. The number of aromatic nitrogens is 2. The van der Waals surface area contributed by atoms with Crippen molar-refractivity contribution in [3.05, 3.63) is 26.9 Å². The second-order valence-electron chi connectivity index (χ2n) is 4.74. The Labute approximate surface area is 99.1 Å². The van der Waals surface area contributed by atoms with Crippen LogP contribution in [-0.4, -0.2) is 34.1 Å². The first-order chi connectivity index (χ1) is 7.99. The molecule has 17 heavy (non-hydrogen) atoms. The van der Waals surface area contributed by atoms with Gasteiger partial charge in [0.15, 0.2) is 0 Å². The number of piperidine rings is 1. The third-order valence-corrected chi connectivity index (χ3v) is 3.55. The summed E-state index contributed by atoms with van der Waals surface area (Å²) >= 11 is 0. The maximum atomic E-state index is 11.8. The zero-order chi connectivity index (χ0) is 12.6. The first-order valence-corrected chi connectivity index (χ1v) is 5.80. The highest BCUT2D eigenvalue weighted by Crippen LogP contribution is 2.25. The van der Waals surface area contributed by atoms with Crippen LogP contribution in [0.25, 0.3) is 0 Å². The minimum absolute atomic E-state index is 0.0746. The van der Waals surface area contributed by atoms with Crippen molar-refractivity contribution in [1.82, 2.24) is 14.5 Å². The minimum Gasteiger partial charge on any atom is -0.385 e. The molecule has 1 fully saturated rings. The average molecular weight is 238 g/mol. The summed E-state index contributed by atoms with van der Waals surface area (Å²) in [5.41, 5.74) is 4.92. The first-order valence-electron chi connectivity index (χ1n) is 5.80. The van der Waals surface area contributed by atoms with Crippen LogP contribution in [0.4, 0.5) is 5.82 Å². The van der Waals surface area contributed by atoms with Gasteiger partial charge < -0.3 is 10.6 Å². The maximum Gasteiger partial charge on any atom is 0.330 e. The Morgan fingerprint density at radius 1 is 1.47 bits per heavy atom. The van der Waals surface area contributed by atoms with E-state index in [-0.39, 0.29) is 11.9 Å². The lowest BCUT2D eigenvalue weighted by atomic mass is 9.98. The van der Waals surface area contributed by atoms with Gasteiger partial charge in [-0.15, -0.1) is 0 Å². The van der Waals surface area contributed by atoms with E-state index >= 15 is 0 Å². The summed E-state index contributed by atoms with van der Waals surface area (Å²) in [7, 11) is 2.07. The van der Waals surface area contributed by atoms with Crippen molar-refractivity contribution < 1.29 is 0 Å². The van der Waals surface area contributed by atoms with Gasteiger partial charge in [0.25, 0.3) is 5.56 Å². The lowest BCUT2D eigenvalue weighted by Gasteiger charge is -2.36. The van der Waals surface area contributed by atoms with E-state index in [1.807, 2.05) is 0 Å². The molecule has 1 saturated heterocycles. The van der Waals surface area contributed by atoms with Crippen LogP contribution in [-0.2, 0) is 0 Å². The van der Waals surface area contributed by atoms with Gasteiger partial charge in [0.2, 0.25) is 0 Å². The molecule has 0 spiro atoms. The van der Waals surface area contributed by atoms with Gasteiger partial charge in [-0.1, -0.05) is 0 Å². The van der Waals surface area contributed by atoms with Gasteiger partial charge in [-0.2, -0.15) is 0 Å². The maximum absolute atomic E-state index is 11.8. The Balaban J connectivity index is 2.35. The molecule has 94 valence electrons. The second kappa shape index (κ2) is 4.37. The highest BCUT2D eigenvalue weighted by molar-refractivity contribution is 5.27. The fraction of sp³-hybridized carbons (Fsp3) is 0.636. The molecule has 3 N–H and O–H groups in total. The molecule has 2 unspecified atom stereocenters. The largest absolute Gasteiger partial charge is 0.385 e. The summed E-state index contributed by atoms with van der Waals surface area (Å²) in [6.07, 6.45) is 1.74. The molecule has 0 aliphatic carbocycles. The quantitative estimate of drug-likeness (QED) is 0.708. The molecule has 1 aromatic rings. The van der Waals surface area contributed by atoms with Crippen LogP contribution in [0.15, 0.2) is 15.7 Å². The van der Waals surface area contributed by atoms with Gasteiger partial charge in [-0.05, 0) is 26.8 Å². The molecule has 1 aliphatic heterocycles. The van der Waals surface area contributed by atoms with Crippen molar-refractivity contribution in [2.45, 2.75) is 31.8 Å². The van der Waals surface area contributed by atoms with Crippen LogP contribution in [0.2, 0.25) is 0 Å². The summed E-state index contributed by atoms with van der Waals surface area (Å²) in [6.45, 7) is 3.05. The molecule has 1 aromatic heterocycles. The van der Waals surface area contributed by atoms with Crippen LogP contribution in [0.3, 0.4) is 0 Å². The van der Waals surface area contributed by atoms with Gasteiger partial charge in [0.1, 0.15) is 5.82 Å². The van der Waals surface area contributed by atoms with E-state index in [4.69, 9.17) is 5.73 Å². The number of H-pyrrole nitrogens is 1. The molecule has 6 nitrogen and oxygen atoms in total. The third-order valence-electron chi connectivity index (χ3n) is 3.55. The number of likely N-dealkylation sites (tertiary alicyclic amines) is 1. The van der Waals surface area contributed by atoms with Crippen molar-refractivity contribution in [3.63, 3.8) is 0 Å². The van der Waals surface area contributed by atoms with E-state index in [1.54, 1.807) is 0 Å². The molecule has 6 heteroatoms. The lowest BCUT2D eigenvalue weighted by molar-refractivity contribution is 0.155. The molecule has 0 bridgehead atoms. The Bertz CT molecular complexity index is 519. The van der Waals surface area contributed by atoms with Gasteiger partial charge in [-0.3, -0.25) is 14.3 Å². The smallest absolute Gasteiger partial charge is 0.330 e. The summed E-state index contributed by atoms with van der Waals surface area (Å²) in [4.78, 5) is 27.4. The zero-order valence-electron chi connectivity index (χ0n) is 10.1. The van der Waals surface area contributed by atoms with Crippen molar-refractivity contribution in [1.29, 1.82) is 0 Å². The number of nitrogens with one attached hydrogen (secondary N) is 1. The number of hydrogen-bond donors (Lipinski definition) is 2. The van der Waals surface area contributed by atoms with E-state index in [0.29, 0.717) is 6.04 Å². The normalized spacial score (nSPS) is 26.0. The predicted molar refractivity (Wildman–Crippen MR) is 66.1 cm³/mol. The van der Waals surface area contributed by atoms with E-state index in [1.165, 1.54) is 10.6 Å². The molecule has 2 heterocycles. The average Bonchev–Trinajstić information content (AvgIpc) is 2.21. The van der Waals surface area contributed by atoms with Crippen molar-refractivity contribution in [3.8, 4) is 0 Å². The standard InChI is InChI=1S/C11H18N4O2/c1-7-5-8(3-4-14(7)2)15-9(12)6-10(16)13-11(15)17/h6-8H,3-5,12H2,1-2H3,(H,13,16,17). The SMILES string of the molecule is CC1CC(n2c(N)cc(=O)[nH]c2=O)CCN1C. The Hall–Kier alpha value is -1.56. The molecule has 2 rings (SSSR count). The number of hydrogen-bond acceptors (Lipinski definition) is 4. The van der Waals surface area contributed by atoms with E-state index in [9.17, 15) is 9.59 Å². The van der Waals surface area contributed by atoms with Crippen LogP contribution in [0, 0.1) is 0 Å². The van der Waals surface area contributed by atoms with Crippen LogP contribution in [0.1, 0.15) is 25.8 Å². The lowest BCUT2D eigenvalue weighted by Crippen LogP contribution is -2.42. The van der Waals surface area contributed by atoms with Crippen molar-refractivity contribution >= 4 is 5.82 Å². The highest BCUT2D eigenvalue weighted by Gasteiger charge is 2.25. The van der Waals surface area contributed by atoms with Crippen LogP contribution >= 0.6 is 0 Å². The van der Waals surface area contributed by atoms with Crippen LogP contribution < -0.4 is 17.0 Å². The molecule has 2 atom stereocenters. The summed E-state index contributed by atoms with van der Waals surface area (Å²) in [5, 5.41) is 0. The second-order valence-corrected chi connectivity index (χ2v) is 4.74. The first kappa shape index (κ1) is 11.9. The zero-order valence-corrected chi connectivity index (χ0v) is 10.1. The summed E-state index contributed by atoms with van der Waals surface area (Å²) in [6, 6.07) is 1.75. The van der Waals surface area contributed by atoms with Gasteiger partial charge >= 0.3 is 5.69 Å². The molecule has 0 radical (unpaired) electrons. The number of nitrogens with zero attached hydrogens (tertiary/aromatic N) is 2. The topological polar surface area (TPSA) is 84.1 Å². The van der Waals surface area contributed by atoms with Gasteiger partial charge in [0.05, 0.1) is 0 Å². The Kier molecular flexibility index (Phi) is 3.06. The molecule has 0 aromatic carbocycles. The fourth-order valence-corrected chi connectivity index (χ4v) is 2.40. The third kappa shape index (κ3) is 2.26. The Morgan fingerprint density at radius 3 is 2.76 bits per heavy atom. The van der Waals surface area contributed by atoms with Gasteiger partial charge in [-0.25, -0.2) is 4.79 Å². The monoisotopic (exact) mass is 238 g/mol. The van der Waals surface area contributed by atoms with E-state index in [0.717, 1.165) is 19.4 Å². The molecule has 1 aliphatic rings. The number of nitrogens with two attached hydrogens (primary N) is 1. The number of rotatable bonds is 1. The summed E-state index contributed by atoms with van der Waals surface area (Å²) < 4.78 is 1.50. The summed E-state index contributed by atoms with van der Waals surface area (Å²) in [5.74, 6) is 0.250. The Morgan fingerprint density at radius 2 is 2.18 bits per heavy atom.